The molecule has 1 aliphatic rings. The Hall–Kier alpha value is -2.21. The molecule has 6 heteroatoms. The Balaban J connectivity index is 1.68. The molecule has 0 fully saturated rings. The van der Waals surface area contributed by atoms with Crippen LogP contribution < -0.4 is 20.3 Å². The molecule has 1 aliphatic heterocycles. The van der Waals surface area contributed by atoms with Crippen LogP contribution in [0, 0.1) is 0 Å². The molecule has 0 aliphatic carbocycles. The first-order valence-corrected chi connectivity index (χ1v) is 7.44. The molecule has 0 saturated heterocycles. The minimum atomic E-state index is -0.213. The first kappa shape index (κ1) is 16.2. The summed E-state index contributed by atoms with van der Waals surface area (Å²) in [6.07, 6.45) is 3.01. The summed E-state index contributed by atoms with van der Waals surface area (Å²) in [6, 6.07) is 7.11. The summed E-state index contributed by atoms with van der Waals surface area (Å²) in [7, 11) is 1.61. The van der Waals surface area contributed by atoms with Crippen LogP contribution in [0.5, 0.6) is 11.5 Å². The van der Waals surface area contributed by atoms with E-state index in [4.69, 9.17) is 9.47 Å². The Morgan fingerprint density at radius 2 is 2.00 bits per heavy atom. The van der Waals surface area contributed by atoms with Crippen LogP contribution >= 0.6 is 0 Å². The molecule has 2 N–H and O–H groups in total. The molecule has 2 rings (SSSR count). The van der Waals surface area contributed by atoms with Crippen molar-refractivity contribution in [2.75, 3.05) is 33.4 Å². The predicted octanol–water partition coefficient (Wildman–Crippen LogP) is 1.30. The van der Waals surface area contributed by atoms with Crippen LogP contribution in [0.25, 0.3) is 0 Å². The summed E-state index contributed by atoms with van der Waals surface area (Å²) < 4.78 is 10.5. The molecular weight excluding hydrogens is 282 g/mol. The maximum Gasteiger partial charge on any atom is 0.276 e. The molecule has 0 bridgehead atoms. The van der Waals surface area contributed by atoms with Crippen molar-refractivity contribution in [2.45, 2.75) is 13.3 Å². The molecule has 1 heterocycles. The monoisotopic (exact) mass is 305 g/mol. The standard InChI is InChI=1S/C16H23N3O3/c1-3-19-10-8-13(9-11-19)17-18-16(20)12-22-15-6-4-14(21-2)5-7-15/h4-8,17H,3,9-12H2,1-2H3,(H,18,20). The Bertz CT molecular complexity index is 514. The van der Waals surface area contributed by atoms with Crippen LogP contribution in [-0.4, -0.2) is 44.2 Å². The van der Waals surface area contributed by atoms with E-state index in [1.807, 2.05) is 0 Å². The quantitative estimate of drug-likeness (QED) is 0.744. The Kier molecular flexibility index (Phi) is 6.09. The Morgan fingerprint density at radius 1 is 1.27 bits per heavy atom. The topological polar surface area (TPSA) is 62.8 Å². The number of likely N-dealkylation sites (N-methyl/N-ethyl adjacent to an activating group) is 1. The third kappa shape index (κ3) is 4.96. The maximum absolute atomic E-state index is 11.7. The Morgan fingerprint density at radius 3 is 2.59 bits per heavy atom. The van der Waals surface area contributed by atoms with Crippen LogP contribution in [0.1, 0.15) is 13.3 Å². The second-order valence-electron chi connectivity index (χ2n) is 5.01. The fourth-order valence-electron chi connectivity index (χ4n) is 2.12. The molecule has 0 saturated carbocycles. The number of rotatable bonds is 7. The van der Waals surface area contributed by atoms with Crippen LogP contribution in [0.2, 0.25) is 0 Å². The van der Waals surface area contributed by atoms with E-state index in [2.05, 4.69) is 28.8 Å². The molecule has 1 aromatic rings. The number of hydrazine groups is 1. The summed E-state index contributed by atoms with van der Waals surface area (Å²) in [6.45, 7) is 5.08. The highest BCUT2D eigenvalue weighted by Crippen LogP contribution is 2.16. The van der Waals surface area contributed by atoms with Gasteiger partial charge in [-0.1, -0.05) is 6.92 Å². The van der Waals surface area contributed by atoms with Crippen molar-refractivity contribution in [3.8, 4) is 11.5 Å². The van der Waals surface area contributed by atoms with E-state index in [1.165, 1.54) is 0 Å². The van der Waals surface area contributed by atoms with Crippen molar-refractivity contribution in [1.82, 2.24) is 15.8 Å². The number of amides is 1. The van der Waals surface area contributed by atoms with Gasteiger partial charge >= 0.3 is 0 Å². The van der Waals surface area contributed by atoms with Crippen LogP contribution in [0.15, 0.2) is 36.0 Å². The molecule has 1 amide bonds. The van der Waals surface area contributed by atoms with Crippen molar-refractivity contribution >= 4 is 5.91 Å². The van der Waals surface area contributed by atoms with Gasteiger partial charge in [-0.2, -0.15) is 0 Å². The van der Waals surface area contributed by atoms with Gasteiger partial charge in [0, 0.05) is 25.2 Å². The van der Waals surface area contributed by atoms with Gasteiger partial charge in [-0.15, -0.1) is 0 Å². The van der Waals surface area contributed by atoms with E-state index in [1.54, 1.807) is 31.4 Å². The molecule has 0 radical (unpaired) electrons. The van der Waals surface area contributed by atoms with E-state index in [9.17, 15) is 4.79 Å². The molecular formula is C16H23N3O3. The van der Waals surface area contributed by atoms with Gasteiger partial charge < -0.3 is 14.9 Å². The minimum Gasteiger partial charge on any atom is -0.497 e. The summed E-state index contributed by atoms with van der Waals surface area (Å²) in [5.41, 5.74) is 6.65. The lowest BCUT2D eigenvalue weighted by atomic mass is 10.2. The molecule has 0 aromatic heterocycles. The molecule has 0 atom stereocenters. The molecule has 0 unspecified atom stereocenters. The first-order valence-electron chi connectivity index (χ1n) is 7.44. The summed E-state index contributed by atoms with van der Waals surface area (Å²) in [5.74, 6) is 1.17. The molecule has 120 valence electrons. The zero-order valence-electron chi connectivity index (χ0n) is 13.1. The average molecular weight is 305 g/mol. The molecule has 22 heavy (non-hydrogen) atoms. The van der Waals surface area contributed by atoms with E-state index in [-0.39, 0.29) is 12.5 Å². The van der Waals surface area contributed by atoms with Crippen LogP contribution in [0.3, 0.4) is 0 Å². The number of carbonyl (C=O) groups excluding carboxylic acids is 1. The van der Waals surface area contributed by atoms with E-state index in [0.29, 0.717) is 5.75 Å². The number of hydrogen-bond donors (Lipinski definition) is 2. The lowest BCUT2D eigenvalue weighted by Gasteiger charge is -2.25. The zero-order valence-corrected chi connectivity index (χ0v) is 13.1. The Labute approximate surface area is 131 Å². The molecule has 1 aromatic carbocycles. The predicted molar refractivity (Wildman–Crippen MR) is 84.6 cm³/mol. The highest BCUT2D eigenvalue weighted by molar-refractivity contribution is 5.77. The number of benzene rings is 1. The number of ether oxygens (including phenoxy) is 2. The fraction of sp³-hybridized carbons (Fsp3) is 0.438. The summed E-state index contributed by atoms with van der Waals surface area (Å²) in [4.78, 5) is 14.1. The zero-order chi connectivity index (χ0) is 15.8. The summed E-state index contributed by atoms with van der Waals surface area (Å²) in [5, 5.41) is 0. The van der Waals surface area contributed by atoms with Crippen LogP contribution in [-0.2, 0) is 4.79 Å². The third-order valence-corrected chi connectivity index (χ3v) is 3.53. The van der Waals surface area contributed by atoms with Gasteiger partial charge in [0.05, 0.1) is 7.11 Å². The third-order valence-electron chi connectivity index (χ3n) is 3.53. The van der Waals surface area contributed by atoms with Gasteiger partial charge in [-0.3, -0.25) is 15.1 Å². The SMILES string of the molecule is CCN1CC=C(NNC(=O)COc2ccc(OC)cc2)CC1. The van der Waals surface area contributed by atoms with Gasteiger partial charge in [0.25, 0.3) is 5.91 Å². The van der Waals surface area contributed by atoms with E-state index >= 15 is 0 Å². The number of methoxy groups -OCH3 is 1. The fourth-order valence-corrected chi connectivity index (χ4v) is 2.12. The minimum absolute atomic E-state index is 0.0340. The van der Waals surface area contributed by atoms with Crippen LogP contribution in [0.4, 0.5) is 0 Å². The second-order valence-corrected chi connectivity index (χ2v) is 5.01. The smallest absolute Gasteiger partial charge is 0.276 e. The number of hydrogen-bond acceptors (Lipinski definition) is 5. The lowest BCUT2D eigenvalue weighted by molar-refractivity contribution is -0.123. The molecule has 0 spiro atoms. The van der Waals surface area contributed by atoms with E-state index in [0.717, 1.165) is 37.5 Å². The first-order chi connectivity index (χ1) is 10.7. The van der Waals surface area contributed by atoms with Crippen molar-refractivity contribution in [2.24, 2.45) is 0 Å². The van der Waals surface area contributed by atoms with E-state index < -0.39 is 0 Å². The van der Waals surface area contributed by atoms with Crippen molar-refractivity contribution in [3.05, 3.63) is 36.0 Å². The maximum atomic E-state index is 11.7. The van der Waals surface area contributed by atoms with Gasteiger partial charge in [-0.05, 0) is 36.9 Å². The highest BCUT2D eigenvalue weighted by Gasteiger charge is 2.10. The van der Waals surface area contributed by atoms with Crippen molar-refractivity contribution in [1.29, 1.82) is 0 Å². The van der Waals surface area contributed by atoms with Gasteiger partial charge in [0.2, 0.25) is 0 Å². The highest BCUT2D eigenvalue weighted by atomic mass is 16.5. The van der Waals surface area contributed by atoms with Gasteiger partial charge in [-0.25, -0.2) is 0 Å². The van der Waals surface area contributed by atoms with Crippen molar-refractivity contribution in [3.63, 3.8) is 0 Å². The van der Waals surface area contributed by atoms with Crippen molar-refractivity contribution < 1.29 is 14.3 Å². The number of nitrogens with one attached hydrogen (secondary N) is 2. The summed E-state index contributed by atoms with van der Waals surface area (Å²) >= 11 is 0. The lowest BCUT2D eigenvalue weighted by Crippen LogP contribution is -2.42. The number of nitrogens with zero attached hydrogens (tertiary/aromatic N) is 1. The largest absolute Gasteiger partial charge is 0.497 e. The second kappa shape index (κ2) is 8.29. The normalized spacial score (nSPS) is 14.9. The number of carbonyl (C=O) groups is 1. The van der Waals surface area contributed by atoms with Gasteiger partial charge in [0.15, 0.2) is 6.61 Å². The molecule has 6 nitrogen and oxygen atoms in total. The van der Waals surface area contributed by atoms with Gasteiger partial charge in [0.1, 0.15) is 11.5 Å². The average Bonchev–Trinajstić information content (AvgIpc) is 2.59.